The monoisotopic (exact) mass is 326 g/mol. The van der Waals surface area contributed by atoms with Crippen LogP contribution in [0.2, 0.25) is 0 Å². The Labute approximate surface area is 120 Å². The van der Waals surface area contributed by atoms with Crippen molar-refractivity contribution >= 4 is 47.7 Å². The first-order valence-electron chi connectivity index (χ1n) is 4.76. The molecule has 1 aromatic carbocycles. The maximum Gasteiger partial charge on any atom is 0.409 e. The highest BCUT2D eigenvalue weighted by Gasteiger charge is 2.25. The quantitative estimate of drug-likeness (QED) is 0.451. The molecule has 0 spiro atoms. The predicted molar refractivity (Wildman–Crippen MR) is 75.5 cm³/mol. The predicted octanol–water partition coefficient (Wildman–Crippen LogP) is 4.57. The Hall–Kier alpha value is -0.440. The molecule has 0 N–H and O–H groups in total. The van der Waals surface area contributed by atoms with Gasteiger partial charge >= 0.3 is 7.60 Å². The third-order valence-corrected chi connectivity index (χ3v) is 4.07. The fraction of sp³-hybridized carbons (Fsp3) is 0.0909. The lowest BCUT2D eigenvalue weighted by Crippen LogP contribution is -2.06. The Morgan fingerprint density at radius 1 is 1.22 bits per heavy atom. The van der Waals surface area contributed by atoms with Gasteiger partial charge in [0.05, 0.1) is 10.3 Å². The Kier molecular flexibility index (Phi) is 6.27. The summed E-state index contributed by atoms with van der Waals surface area (Å²) in [5, 5.41) is 0.525. The van der Waals surface area contributed by atoms with Crippen LogP contribution in [-0.2, 0) is 13.6 Å². The summed E-state index contributed by atoms with van der Waals surface area (Å²) in [6.07, 6.45) is 2.32. The number of hydrogen-bond acceptors (Lipinski definition) is 3. The number of halogens is 3. The summed E-state index contributed by atoms with van der Waals surface area (Å²) in [4.78, 5) is 0. The molecule has 1 unspecified atom stereocenters. The summed E-state index contributed by atoms with van der Waals surface area (Å²) in [7, 11) is -2.13. The molecule has 1 aromatic rings. The molecule has 0 aliphatic carbocycles. The van der Waals surface area contributed by atoms with E-state index in [1.807, 2.05) is 0 Å². The molecule has 1 atom stereocenters. The van der Waals surface area contributed by atoms with Gasteiger partial charge in [-0.15, -0.1) is 0 Å². The highest BCUT2D eigenvalue weighted by Crippen LogP contribution is 2.46. The molecule has 0 aliphatic heterocycles. The fourth-order valence-corrected chi connectivity index (χ4v) is 2.85. The van der Waals surface area contributed by atoms with Crippen molar-refractivity contribution in [2.45, 2.75) is 0 Å². The van der Waals surface area contributed by atoms with Gasteiger partial charge in [-0.3, -0.25) is 4.52 Å². The Balaban J connectivity index is 2.92. The minimum Gasteiger partial charge on any atom is -0.428 e. The molecular formula is C11H10Cl3O3P. The summed E-state index contributed by atoms with van der Waals surface area (Å²) in [5.74, 6) is 0. The molecule has 18 heavy (non-hydrogen) atoms. The van der Waals surface area contributed by atoms with Gasteiger partial charge < -0.3 is 4.52 Å². The molecule has 0 bridgehead atoms. The minimum atomic E-state index is -3.43. The zero-order chi connectivity index (χ0) is 13.6. The summed E-state index contributed by atoms with van der Waals surface area (Å²) in [6.45, 7) is 0. The zero-order valence-corrected chi connectivity index (χ0v) is 12.5. The molecule has 1 rings (SSSR count). The van der Waals surface area contributed by atoms with Gasteiger partial charge in [-0.25, -0.2) is 4.57 Å². The lowest BCUT2D eigenvalue weighted by Gasteiger charge is -2.14. The van der Waals surface area contributed by atoms with Gasteiger partial charge in [0.2, 0.25) is 0 Å². The summed E-state index contributed by atoms with van der Waals surface area (Å²) >= 11 is 16.6. The van der Waals surface area contributed by atoms with Crippen LogP contribution >= 0.6 is 42.4 Å². The smallest absolute Gasteiger partial charge is 0.409 e. The van der Waals surface area contributed by atoms with Gasteiger partial charge in [0.15, 0.2) is 0 Å². The molecule has 0 radical (unpaired) electrons. The van der Waals surface area contributed by atoms with Gasteiger partial charge in [-0.1, -0.05) is 53.0 Å². The first-order valence-corrected chi connectivity index (χ1v) is 7.44. The van der Waals surface area contributed by atoms with Crippen LogP contribution in [0.15, 0.2) is 52.2 Å². The van der Waals surface area contributed by atoms with E-state index in [1.54, 1.807) is 30.3 Å². The van der Waals surface area contributed by atoms with E-state index in [-0.39, 0.29) is 9.52 Å². The van der Waals surface area contributed by atoms with E-state index in [4.69, 9.17) is 43.9 Å². The topological polar surface area (TPSA) is 35.5 Å². The van der Waals surface area contributed by atoms with Crippen molar-refractivity contribution in [3.8, 4) is 0 Å². The van der Waals surface area contributed by atoms with Crippen LogP contribution in [0.5, 0.6) is 0 Å². The second-order valence-electron chi connectivity index (χ2n) is 3.06. The Bertz CT molecular complexity index is 496. The first-order chi connectivity index (χ1) is 8.48. The van der Waals surface area contributed by atoms with Crippen LogP contribution in [0.4, 0.5) is 0 Å². The van der Waals surface area contributed by atoms with Crippen LogP contribution in [0.25, 0.3) is 0 Å². The Morgan fingerprint density at radius 3 is 2.33 bits per heavy atom. The van der Waals surface area contributed by atoms with Gasteiger partial charge in [0.25, 0.3) is 0 Å². The summed E-state index contributed by atoms with van der Waals surface area (Å²) < 4.78 is 22.3. The van der Waals surface area contributed by atoms with Crippen molar-refractivity contribution in [2.24, 2.45) is 0 Å². The Morgan fingerprint density at radius 2 is 1.83 bits per heavy atom. The van der Waals surface area contributed by atoms with E-state index < -0.39 is 7.60 Å². The molecule has 0 saturated heterocycles. The average molecular weight is 328 g/mol. The summed E-state index contributed by atoms with van der Waals surface area (Å²) in [5.41, 5.74) is 0. The largest absolute Gasteiger partial charge is 0.428 e. The fourth-order valence-electron chi connectivity index (χ4n) is 1.08. The number of rotatable bonds is 5. The first kappa shape index (κ1) is 15.6. The second-order valence-corrected chi connectivity index (χ2v) is 6.59. The van der Waals surface area contributed by atoms with Gasteiger partial charge in [-0.05, 0) is 18.2 Å². The lowest BCUT2D eigenvalue weighted by molar-refractivity contribution is 0.310. The van der Waals surface area contributed by atoms with Gasteiger partial charge in [-0.2, -0.15) is 0 Å². The van der Waals surface area contributed by atoms with Crippen molar-refractivity contribution in [2.75, 3.05) is 7.11 Å². The van der Waals surface area contributed by atoms with Crippen molar-refractivity contribution in [3.63, 3.8) is 0 Å². The molecule has 0 aromatic heterocycles. The standard InChI is InChI=1S/C11H10Cl3O3P/c1-16-18(15,10-5-3-2-4-6-10)17-8-9(12)7-11(13)14/h2-8H,1H3. The van der Waals surface area contributed by atoms with E-state index in [9.17, 15) is 4.57 Å². The van der Waals surface area contributed by atoms with E-state index >= 15 is 0 Å². The highest BCUT2D eigenvalue weighted by molar-refractivity contribution is 7.62. The maximum atomic E-state index is 12.3. The third-order valence-electron chi connectivity index (χ3n) is 1.86. The van der Waals surface area contributed by atoms with Crippen molar-refractivity contribution < 1.29 is 13.6 Å². The lowest BCUT2D eigenvalue weighted by atomic mass is 10.4. The molecular weight excluding hydrogens is 317 g/mol. The molecule has 0 amide bonds. The highest BCUT2D eigenvalue weighted by atomic mass is 35.5. The van der Waals surface area contributed by atoms with E-state index in [1.165, 1.54) is 13.2 Å². The molecule has 7 heteroatoms. The molecule has 0 heterocycles. The van der Waals surface area contributed by atoms with Gasteiger partial charge in [0.1, 0.15) is 10.8 Å². The van der Waals surface area contributed by atoms with Crippen LogP contribution in [-0.4, -0.2) is 7.11 Å². The second kappa shape index (κ2) is 7.22. The molecule has 98 valence electrons. The molecule has 3 nitrogen and oxygen atoms in total. The van der Waals surface area contributed by atoms with Crippen molar-refractivity contribution in [3.05, 3.63) is 52.2 Å². The van der Waals surface area contributed by atoms with E-state index in [0.29, 0.717) is 5.30 Å². The normalized spacial score (nSPS) is 14.8. The minimum absolute atomic E-state index is 0.0354. The number of allylic oxidation sites excluding steroid dienone is 2. The van der Waals surface area contributed by atoms with Crippen LogP contribution < -0.4 is 5.30 Å². The van der Waals surface area contributed by atoms with Crippen LogP contribution in [0.3, 0.4) is 0 Å². The van der Waals surface area contributed by atoms with Crippen LogP contribution in [0, 0.1) is 0 Å². The molecule has 0 fully saturated rings. The van der Waals surface area contributed by atoms with Crippen molar-refractivity contribution in [1.82, 2.24) is 0 Å². The molecule has 0 saturated carbocycles. The zero-order valence-electron chi connectivity index (χ0n) is 9.35. The SMILES string of the molecule is COP(=O)(OC=C(Cl)C=C(Cl)Cl)c1ccccc1. The maximum absolute atomic E-state index is 12.3. The summed E-state index contributed by atoms with van der Waals surface area (Å²) in [6, 6.07) is 8.52. The average Bonchev–Trinajstić information content (AvgIpc) is 2.36. The molecule has 0 aliphatic rings. The van der Waals surface area contributed by atoms with Crippen molar-refractivity contribution in [1.29, 1.82) is 0 Å². The van der Waals surface area contributed by atoms with Crippen LogP contribution in [0.1, 0.15) is 0 Å². The number of benzene rings is 1. The number of hydrogen-bond donors (Lipinski definition) is 0. The van der Waals surface area contributed by atoms with Gasteiger partial charge in [0, 0.05) is 7.11 Å². The van der Waals surface area contributed by atoms with E-state index in [2.05, 4.69) is 0 Å². The van der Waals surface area contributed by atoms with E-state index in [0.717, 1.165) is 6.26 Å². The third kappa shape index (κ3) is 4.68.